The summed E-state index contributed by atoms with van der Waals surface area (Å²) in [6.07, 6.45) is 3.55. The molecule has 0 spiro atoms. The van der Waals surface area contributed by atoms with E-state index in [0.717, 1.165) is 25.7 Å². The largest absolute Gasteiger partial charge is 0.444 e. The summed E-state index contributed by atoms with van der Waals surface area (Å²) in [7, 11) is 0. The highest BCUT2D eigenvalue weighted by atomic mass is 16.6. The molecule has 0 bridgehead atoms. The first kappa shape index (κ1) is 16.1. The average Bonchev–Trinajstić information content (AvgIpc) is 2.38. The van der Waals surface area contributed by atoms with Crippen molar-refractivity contribution in [3.8, 4) is 0 Å². The van der Waals surface area contributed by atoms with E-state index in [1.54, 1.807) is 0 Å². The van der Waals surface area contributed by atoms with Gasteiger partial charge in [0.25, 0.3) is 0 Å². The molecule has 1 aliphatic heterocycles. The van der Waals surface area contributed by atoms with Crippen LogP contribution in [0.2, 0.25) is 0 Å². The summed E-state index contributed by atoms with van der Waals surface area (Å²) in [5.41, 5.74) is -0.511. The molecule has 1 heterocycles. The van der Waals surface area contributed by atoms with E-state index in [4.69, 9.17) is 9.47 Å². The van der Waals surface area contributed by atoms with E-state index in [-0.39, 0.29) is 24.6 Å². The molecule has 6 nitrogen and oxygen atoms in total. The van der Waals surface area contributed by atoms with Crippen LogP contribution < -0.4 is 5.32 Å². The van der Waals surface area contributed by atoms with Crippen LogP contribution in [0.3, 0.4) is 0 Å². The zero-order valence-electron chi connectivity index (χ0n) is 13.2. The van der Waals surface area contributed by atoms with Gasteiger partial charge in [0, 0.05) is 6.54 Å². The summed E-state index contributed by atoms with van der Waals surface area (Å²) in [6, 6.07) is 0.0262. The van der Waals surface area contributed by atoms with Crippen molar-refractivity contribution in [1.29, 1.82) is 0 Å². The first-order valence-corrected chi connectivity index (χ1v) is 7.73. The standard InChI is InChI=1S/C15H26N2O4/c1-15(2,3)21-14(19)16-11-6-4-5-7-12(11)17-8-9-20-10-13(17)18/h11-12H,4-10H2,1-3H3,(H,16,19)/t11-,12-/m1/s1. The maximum atomic E-state index is 12.0. The highest BCUT2D eigenvalue weighted by Gasteiger charge is 2.35. The van der Waals surface area contributed by atoms with E-state index in [0.29, 0.717) is 13.2 Å². The normalized spacial score (nSPS) is 27.4. The van der Waals surface area contributed by atoms with Crippen LogP contribution in [0.15, 0.2) is 0 Å². The lowest BCUT2D eigenvalue weighted by Gasteiger charge is -2.41. The minimum Gasteiger partial charge on any atom is -0.444 e. The van der Waals surface area contributed by atoms with Gasteiger partial charge in [-0.1, -0.05) is 12.8 Å². The fourth-order valence-corrected chi connectivity index (χ4v) is 2.99. The van der Waals surface area contributed by atoms with Gasteiger partial charge in [-0.25, -0.2) is 4.79 Å². The third-order valence-corrected chi connectivity index (χ3v) is 3.85. The number of hydrogen-bond acceptors (Lipinski definition) is 4. The zero-order valence-corrected chi connectivity index (χ0v) is 13.2. The number of hydrogen-bond donors (Lipinski definition) is 1. The van der Waals surface area contributed by atoms with Gasteiger partial charge in [0.2, 0.25) is 5.91 Å². The molecule has 1 aliphatic carbocycles. The molecule has 1 N–H and O–H groups in total. The molecule has 2 amide bonds. The molecule has 0 radical (unpaired) electrons. The second kappa shape index (κ2) is 6.64. The van der Waals surface area contributed by atoms with Crippen LogP contribution in [0.5, 0.6) is 0 Å². The fourth-order valence-electron chi connectivity index (χ4n) is 2.99. The molecule has 2 aliphatic rings. The maximum Gasteiger partial charge on any atom is 0.407 e. The van der Waals surface area contributed by atoms with Crippen molar-refractivity contribution in [2.75, 3.05) is 19.8 Å². The molecule has 0 aromatic carbocycles. The molecule has 1 saturated carbocycles. The molecular weight excluding hydrogens is 272 g/mol. The van der Waals surface area contributed by atoms with Crippen LogP contribution in [0.25, 0.3) is 0 Å². The zero-order chi connectivity index (χ0) is 15.5. The van der Waals surface area contributed by atoms with Crippen molar-refractivity contribution >= 4 is 12.0 Å². The van der Waals surface area contributed by atoms with Gasteiger partial charge in [0.05, 0.1) is 18.7 Å². The van der Waals surface area contributed by atoms with E-state index in [2.05, 4.69) is 5.32 Å². The van der Waals surface area contributed by atoms with Gasteiger partial charge in [-0.3, -0.25) is 4.79 Å². The number of nitrogens with zero attached hydrogens (tertiary/aromatic N) is 1. The number of nitrogens with one attached hydrogen (secondary N) is 1. The summed E-state index contributed by atoms with van der Waals surface area (Å²) in [6.45, 7) is 6.86. The average molecular weight is 298 g/mol. The highest BCUT2D eigenvalue weighted by molar-refractivity contribution is 5.78. The summed E-state index contributed by atoms with van der Waals surface area (Å²) in [4.78, 5) is 25.9. The van der Waals surface area contributed by atoms with Crippen LogP contribution in [0, 0.1) is 0 Å². The monoisotopic (exact) mass is 298 g/mol. The first-order chi connectivity index (χ1) is 9.87. The smallest absolute Gasteiger partial charge is 0.407 e. The summed E-state index contributed by atoms with van der Waals surface area (Å²) < 4.78 is 10.5. The lowest BCUT2D eigenvalue weighted by atomic mass is 9.89. The third-order valence-electron chi connectivity index (χ3n) is 3.85. The Bertz CT molecular complexity index is 392. The Morgan fingerprint density at radius 1 is 1.33 bits per heavy atom. The molecule has 1 saturated heterocycles. The van der Waals surface area contributed by atoms with E-state index < -0.39 is 11.7 Å². The minimum absolute atomic E-state index is 0.0177. The Labute approximate surface area is 126 Å². The van der Waals surface area contributed by atoms with Crippen LogP contribution in [-0.4, -0.2) is 54.3 Å². The molecule has 2 fully saturated rings. The summed E-state index contributed by atoms with van der Waals surface area (Å²) >= 11 is 0. The lowest BCUT2D eigenvalue weighted by molar-refractivity contribution is -0.147. The minimum atomic E-state index is -0.511. The van der Waals surface area contributed by atoms with Gasteiger partial charge in [-0.15, -0.1) is 0 Å². The van der Waals surface area contributed by atoms with Crippen molar-refractivity contribution in [2.24, 2.45) is 0 Å². The second-order valence-corrected chi connectivity index (χ2v) is 6.74. The second-order valence-electron chi connectivity index (χ2n) is 6.74. The molecule has 0 aromatic heterocycles. The summed E-state index contributed by atoms with van der Waals surface area (Å²) in [5.74, 6) is 0.0177. The number of alkyl carbamates (subject to hydrolysis) is 1. The van der Waals surface area contributed by atoms with Crippen LogP contribution >= 0.6 is 0 Å². The molecule has 21 heavy (non-hydrogen) atoms. The maximum absolute atomic E-state index is 12.0. The Hall–Kier alpha value is -1.30. The third kappa shape index (κ3) is 4.59. The van der Waals surface area contributed by atoms with E-state index in [1.807, 2.05) is 25.7 Å². The molecule has 6 heteroatoms. The van der Waals surface area contributed by atoms with Gasteiger partial charge in [-0.2, -0.15) is 0 Å². The molecule has 0 aromatic rings. The van der Waals surface area contributed by atoms with Gasteiger partial charge in [0.15, 0.2) is 0 Å². The molecule has 2 rings (SSSR count). The predicted octanol–water partition coefficient (Wildman–Crippen LogP) is 1.68. The Morgan fingerprint density at radius 3 is 2.71 bits per heavy atom. The number of carbonyl (C=O) groups excluding carboxylic acids is 2. The van der Waals surface area contributed by atoms with Crippen molar-refractivity contribution in [2.45, 2.75) is 64.1 Å². The molecular formula is C15H26N2O4. The van der Waals surface area contributed by atoms with Gasteiger partial charge in [-0.05, 0) is 33.6 Å². The Balaban J connectivity index is 1.98. The Morgan fingerprint density at radius 2 is 2.05 bits per heavy atom. The fraction of sp³-hybridized carbons (Fsp3) is 0.867. The van der Waals surface area contributed by atoms with Gasteiger partial charge in [0.1, 0.15) is 12.2 Å². The highest BCUT2D eigenvalue weighted by Crippen LogP contribution is 2.25. The van der Waals surface area contributed by atoms with Crippen LogP contribution in [0.1, 0.15) is 46.5 Å². The molecule has 0 unspecified atom stereocenters. The number of ether oxygens (including phenoxy) is 2. The van der Waals surface area contributed by atoms with E-state index >= 15 is 0 Å². The van der Waals surface area contributed by atoms with Crippen molar-refractivity contribution < 1.29 is 19.1 Å². The number of amides is 2. The van der Waals surface area contributed by atoms with Crippen LogP contribution in [0.4, 0.5) is 4.79 Å². The number of carbonyl (C=O) groups is 2. The molecule has 2 atom stereocenters. The van der Waals surface area contributed by atoms with Crippen molar-refractivity contribution in [3.63, 3.8) is 0 Å². The topological polar surface area (TPSA) is 67.9 Å². The van der Waals surface area contributed by atoms with E-state index in [1.165, 1.54) is 0 Å². The van der Waals surface area contributed by atoms with Crippen molar-refractivity contribution in [3.05, 3.63) is 0 Å². The van der Waals surface area contributed by atoms with Gasteiger partial charge >= 0.3 is 6.09 Å². The first-order valence-electron chi connectivity index (χ1n) is 7.73. The summed E-state index contributed by atoms with van der Waals surface area (Å²) in [5, 5.41) is 2.95. The quantitative estimate of drug-likeness (QED) is 0.842. The van der Waals surface area contributed by atoms with Crippen molar-refractivity contribution in [1.82, 2.24) is 10.2 Å². The molecule has 120 valence electrons. The van der Waals surface area contributed by atoms with Crippen LogP contribution in [-0.2, 0) is 14.3 Å². The van der Waals surface area contributed by atoms with Gasteiger partial charge < -0.3 is 19.7 Å². The SMILES string of the molecule is CC(C)(C)OC(=O)N[C@@H]1CCCC[C@H]1N1CCOCC1=O. The Kier molecular flexibility index (Phi) is 5.08. The number of morpholine rings is 1. The predicted molar refractivity (Wildman–Crippen MR) is 77.9 cm³/mol. The lowest BCUT2D eigenvalue weighted by Crippen LogP contribution is -2.58. The van der Waals surface area contributed by atoms with E-state index in [9.17, 15) is 9.59 Å². The number of rotatable bonds is 2.